The maximum atomic E-state index is 13.3. The lowest BCUT2D eigenvalue weighted by molar-refractivity contribution is 0.107. The van der Waals surface area contributed by atoms with Gasteiger partial charge in [-0.05, 0) is 55.4 Å². The summed E-state index contributed by atoms with van der Waals surface area (Å²) >= 11 is 1.68. The molecule has 3 heterocycles. The molecule has 2 atom stereocenters. The second-order valence-corrected chi connectivity index (χ2v) is 9.28. The van der Waals surface area contributed by atoms with Gasteiger partial charge in [0.1, 0.15) is 10.6 Å². The molecule has 1 N–H and O–H groups in total. The lowest BCUT2D eigenvalue weighted by Crippen LogP contribution is -2.38. The van der Waals surface area contributed by atoms with Crippen LogP contribution in [0.3, 0.4) is 0 Å². The van der Waals surface area contributed by atoms with Crippen LogP contribution in [0.1, 0.15) is 35.3 Å². The largest absolute Gasteiger partial charge is 0.497 e. The number of aryl methyl sites for hydroxylation is 1. The quantitative estimate of drug-likeness (QED) is 0.657. The topological polar surface area (TPSA) is 65.4 Å². The zero-order valence-corrected chi connectivity index (χ0v) is 18.0. The van der Waals surface area contributed by atoms with Crippen molar-refractivity contribution in [3.05, 3.63) is 57.0 Å². The summed E-state index contributed by atoms with van der Waals surface area (Å²) in [7, 11) is 1.65. The Balaban J connectivity index is 1.36. The fourth-order valence-electron chi connectivity index (χ4n) is 4.56. The molecular weight excluding hydrogens is 398 g/mol. The number of hydrogen-bond acceptors (Lipinski definition) is 6. The number of fused-ring (bicyclic) bond motifs is 3. The molecule has 2 aromatic heterocycles. The highest BCUT2D eigenvalue weighted by Gasteiger charge is 2.26. The lowest BCUT2D eigenvalue weighted by atomic mass is 9.93. The summed E-state index contributed by atoms with van der Waals surface area (Å²) < 4.78 is 12.7. The highest BCUT2D eigenvalue weighted by Crippen LogP contribution is 2.33. The molecule has 1 fully saturated rings. The molecule has 2 aliphatic rings. The molecule has 2 unspecified atom stereocenters. The van der Waals surface area contributed by atoms with Crippen molar-refractivity contribution < 1.29 is 9.47 Å². The average Bonchev–Trinajstić information content (AvgIpc) is 3.42. The molecule has 0 bridgehead atoms. The Bertz CT molecular complexity index is 1100. The Morgan fingerprint density at radius 1 is 1.37 bits per heavy atom. The van der Waals surface area contributed by atoms with Crippen LogP contribution in [0.25, 0.3) is 10.2 Å². The minimum absolute atomic E-state index is 0.0612. The van der Waals surface area contributed by atoms with E-state index in [9.17, 15) is 4.79 Å². The minimum atomic E-state index is 0.0612. The Morgan fingerprint density at radius 2 is 2.30 bits per heavy atom. The fraction of sp³-hybridized carbons (Fsp3) is 0.478. The van der Waals surface area contributed by atoms with E-state index in [-0.39, 0.29) is 5.56 Å². The summed E-state index contributed by atoms with van der Waals surface area (Å²) in [6.07, 6.45) is 7.32. The summed E-state index contributed by atoms with van der Waals surface area (Å²) in [5.41, 5.74) is 2.30. The molecule has 1 aliphatic heterocycles. The van der Waals surface area contributed by atoms with Gasteiger partial charge >= 0.3 is 0 Å². The smallest absolute Gasteiger partial charge is 0.262 e. The number of ether oxygens (including phenoxy) is 2. The van der Waals surface area contributed by atoms with Gasteiger partial charge in [0, 0.05) is 24.1 Å². The first-order valence-electron chi connectivity index (χ1n) is 10.7. The maximum absolute atomic E-state index is 13.3. The third kappa shape index (κ3) is 3.89. The van der Waals surface area contributed by atoms with Crippen molar-refractivity contribution >= 4 is 21.6 Å². The zero-order valence-electron chi connectivity index (χ0n) is 17.2. The van der Waals surface area contributed by atoms with Gasteiger partial charge in [-0.3, -0.25) is 9.36 Å². The first-order valence-corrected chi connectivity index (χ1v) is 11.5. The number of rotatable bonds is 6. The van der Waals surface area contributed by atoms with Crippen molar-refractivity contribution in [2.24, 2.45) is 0 Å². The van der Waals surface area contributed by atoms with E-state index in [1.54, 1.807) is 29.3 Å². The second kappa shape index (κ2) is 8.49. The third-order valence-electron chi connectivity index (χ3n) is 6.18. The summed E-state index contributed by atoms with van der Waals surface area (Å²) in [6, 6.07) is 8.28. The number of thiophene rings is 1. The van der Waals surface area contributed by atoms with Crippen LogP contribution in [0.4, 0.5) is 0 Å². The van der Waals surface area contributed by atoms with Gasteiger partial charge in [-0.2, -0.15) is 0 Å². The predicted octanol–water partition coefficient (Wildman–Crippen LogP) is 3.14. The summed E-state index contributed by atoms with van der Waals surface area (Å²) in [5.74, 6) is 0.795. The average molecular weight is 426 g/mol. The first kappa shape index (κ1) is 19.7. The van der Waals surface area contributed by atoms with Crippen molar-refractivity contribution in [2.45, 2.75) is 50.8 Å². The van der Waals surface area contributed by atoms with Crippen molar-refractivity contribution in [1.29, 1.82) is 0 Å². The predicted molar refractivity (Wildman–Crippen MR) is 119 cm³/mol. The van der Waals surface area contributed by atoms with Gasteiger partial charge in [0.25, 0.3) is 5.56 Å². The molecule has 1 saturated heterocycles. The Labute approximate surface area is 179 Å². The Hall–Kier alpha value is -2.22. The van der Waals surface area contributed by atoms with E-state index in [1.165, 1.54) is 16.9 Å². The molecule has 3 aromatic rings. The Kier molecular flexibility index (Phi) is 5.58. The van der Waals surface area contributed by atoms with Crippen LogP contribution in [-0.4, -0.2) is 42.0 Å². The van der Waals surface area contributed by atoms with Crippen LogP contribution in [0.15, 0.2) is 35.4 Å². The van der Waals surface area contributed by atoms with Crippen molar-refractivity contribution in [3.8, 4) is 5.75 Å². The SMILES string of the molecule is COc1cccc(Cn2cnc3sc4c(c3c2=O)CCC(NCC2CCCO2)C4)c1. The van der Waals surface area contributed by atoms with Crippen LogP contribution < -0.4 is 15.6 Å². The minimum Gasteiger partial charge on any atom is -0.497 e. The summed E-state index contributed by atoms with van der Waals surface area (Å²) in [6.45, 7) is 2.32. The molecule has 1 aliphatic carbocycles. The van der Waals surface area contributed by atoms with Gasteiger partial charge in [0.15, 0.2) is 0 Å². The van der Waals surface area contributed by atoms with E-state index in [1.807, 2.05) is 24.3 Å². The lowest BCUT2D eigenvalue weighted by Gasteiger charge is -2.24. The molecule has 1 aromatic carbocycles. The number of hydrogen-bond donors (Lipinski definition) is 1. The van der Waals surface area contributed by atoms with Crippen LogP contribution in [0.5, 0.6) is 5.75 Å². The van der Waals surface area contributed by atoms with E-state index >= 15 is 0 Å². The number of methoxy groups -OCH3 is 1. The fourth-order valence-corrected chi connectivity index (χ4v) is 5.82. The van der Waals surface area contributed by atoms with E-state index in [4.69, 9.17) is 9.47 Å². The van der Waals surface area contributed by atoms with E-state index in [2.05, 4.69) is 10.3 Å². The van der Waals surface area contributed by atoms with Gasteiger partial charge in [-0.25, -0.2) is 4.98 Å². The second-order valence-electron chi connectivity index (χ2n) is 8.20. The van der Waals surface area contributed by atoms with Gasteiger partial charge in [0.05, 0.1) is 31.5 Å². The van der Waals surface area contributed by atoms with E-state index < -0.39 is 0 Å². The molecule has 158 valence electrons. The molecule has 0 saturated carbocycles. The number of aromatic nitrogens is 2. The van der Waals surface area contributed by atoms with Crippen LogP contribution in [0.2, 0.25) is 0 Å². The van der Waals surface area contributed by atoms with Gasteiger partial charge in [0.2, 0.25) is 0 Å². The molecule has 0 spiro atoms. The number of nitrogens with one attached hydrogen (secondary N) is 1. The van der Waals surface area contributed by atoms with E-state index in [0.29, 0.717) is 18.7 Å². The highest BCUT2D eigenvalue weighted by atomic mass is 32.1. The van der Waals surface area contributed by atoms with Crippen molar-refractivity contribution in [1.82, 2.24) is 14.9 Å². The molecule has 0 radical (unpaired) electrons. The molecule has 0 amide bonds. The van der Waals surface area contributed by atoms with Crippen LogP contribution in [-0.2, 0) is 24.1 Å². The molecule has 6 nitrogen and oxygen atoms in total. The summed E-state index contributed by atoms with van der Waals surface area (Å²) in [5, 5.41) is 4.50. The highest BCUT2D eigenvalue weighted by molar-refractivity contribution is 7.18. The molecule has 7 heteroatoms. The first-order chi connectivity index (χ1) is 14.7. The van der Waals surface area contributed by atoms with Crippen molar-refractivity contribution in [3.63, 3.8) is 0 Å². The zero-order chi connectivity index (χ0) is 20.5. The standard InChI is InChI=1S/C23H27N3O3S/c1-28-17-5-2-4-15(10-17)13-26-14-25-22-21(23(26)27)19-8-7-16(11-20(19)30-22)24-12-18-6-3-9-29-18/h2,4-5,10,14,16,18,24H,3,6-9,11-13H2,1H3. The monoisotopic (exact) mass is 425 g/mol. The van der Waals surface area contributed by atoms with Crippen LogP contribution >= 0.6 is 11.3 Å². The summed E-state index contributed by atoms with van der Waals surface area (Å²) in [4.78, 5) is 20.1. The van der Waals surface area contributed by atoms with E-state index in [0.717, 1.165) is 60.4 Å². The Morgan fingerprint density at radius 3 is 3.13 bits per heavy atom. The van der Waals surface area contributed by atoms with Crippen LogP contribution in [0, 0.1) is 0 Å². The third-order valence-corrected chi connectivity index (χ3v) is 7.34. The van der Waals surface area contributed by atoms with Gasteiger partial charge in [-0.15, -0.1) is 11.3 Å². The molecule has 5 rings (SSSR count). The number of benzene rings is 1. The number of nitrogens with zero attached hydrogens (tertiary/aromatic N) is 2. The van der Waals surface area contributed by atoms with Gasteiger partial charge in [-0.1, -0.05) is 12.1 Å². The van der Waals surface area contributed by atoms with Crippen molar-refractivity contribution in [2.75, 3.05) is 20.3 Å². The molecule has 30 heavy (non-hydrogen) atoms. The maximum Gasteiger partial charge on any atom is 0.262 e. The normalized spacial score (nSPS) is 21.1. The van der Waals surface area contributed by atoms with Gasteiger partial charge < -0.3 is 14.8 Å². The molecular formula is C23H27N3O3S.